The average molecular weight is 238 g/mol. The summed E-state index contributed by atoms with van der Waals surface area (Å²) < 4.78 is 0. The molecule has 1 atom stereocenters. The minimum atomic E-state index is -0.327. The molecule has 1 heterocycles. The number of nitrogens with two attached hydrogens (primary N) is 1. The minimum absolute atomic E-state index is 0.0813. The molecule has 1 aliphatic carbocycles. The lowest BCUT2D eigenvalue weighted by molar-refractivity contribution is 0.0911. The van der Waals surface area contributed by atoms with Crippen LogP contribution >= 0.6 is 0 Å². The molecular weight excluding hydrogens is 220 g/mol. The van der Waals surface area contributed by atoms with Gasteiger partial charge in [-0.3, -0.25) is 9.89 Å². The van der Waals surface area contributed by atoms with E-state index in [-0.39, 0.29) is 24.2 Å². The van der Waals surface area contributed by atoms with Gasteiger partial charge in [0.1, 0.15) is 0 Å². The Morgan fingerprint density at radius 1 is 1.71 bits per heavy atom. The van der Waals surface area contributed by atoms with Gasteiger partial charge in [-0.2, -0.15) is 5.10 Å². The normalized spacial score (nSPS) is 16.8. The van der Waals surface area contributed by atoms with Crippen molar-refractivity contribution in [2.45, 2.75) is 38.1 Å². The Balaban J connectivity index is 2.08. The lowest BCUT2D eigenvalue weighted by Gasteiger charge is -2.12. The molecule has 1 fully saturated rings. The zero-order valence-electron chi connectivity index (χ0n) is 9.86. The number of anilines is 1. The molecule has 0 bridgehead atoms. The van der Waals surface area contributed by atoms with E-state index >= 15 is 0 Å². The second-order valence-corrected chi connectivity index (χ2v) is 4.44. The van der Waals surface area contributed by atoms with Crippen molar-refractivity contribution in [3.8, 4) is 0 Å². The van der Waals surface area contributed by atoms with Crippen LogP contribution in [0.15, 0.2) is 0 Å². The highest BCUT2D eigenvalue weighted by Crippen LogP contribution is 2.42. The van der Waals surface area contributed by atoms with Crippen LogP contribution in [0, 0.1) is 0 Å². The predicted octanol–water partition coefficient (Wildman–Crippen LogP) is 0.370. The van der Waals surface area contributed by atoms with Gasteiger partial charge in [0.15, 0.2) is 5.69 Å². The van der Waals surface area contributed by atoms with E-state index in [0.717, 1.165) is 18.5 Å². The number of H-pyrrole nitrogens is 1. The number of nitrogens with zero attached hydrogens (tertiary/aromatic N) is 1. The van der Waals surface area contributed by atoms with Crippen molar-refractivity contribution in [2.24, 2.45) is 0 Å². The minimum Gasteiger partial charge on any atom is -0.395 e. The lowest BCUT2D eigenvalue weighted by atomic mass is 10.2. The van der Waals surface area contributed by atoms with Crippen molar-refractivity contribution < 1.29 is 9.90 Å². The maximum atomic E-state index is 11.9. The molecule has 0 radical (unpaired) electrons. The van der Waals surface area contributed by atoms with E-state index in [9.17, 15) is 4.79 Å². The molecule has 6 nitrogen and oxygen atoms in total. The number of aliphatic hydroxyl groups excluding tert-OH is 1. The Morgan fingerprint density at radius 2 is 2.41 bits per heavy atom. The number of nitrogen functional groups attached to an aromatic ring is 1. The summed E-state index contributed by atoms with van der Waals surface area (Å²) in [7, 11) is 0. The zero-order chi connectivity index (χ0) is 12.4. The zero-order valence-corrected chi connectivity index (χ0v) is 9.86. The summed E-state index contributed by atoms with van der Waals surface area (Å²) in [5.74, 6) is 0.107. The van der Waals surface area contributed by atoms with Crippen LogP contribution in [0.2, 0.25) is 0 Å². The Kier molecular flexibility index (Phi) is 3.33. The molecule has 0 unspecified atom stereocenters. The summed E-state index contributed by atoms with van der Waals surface area (Å²) in [5.41, 5.74) is 7.43. The Morgan fingerprint density at radius 3 is 2.94 bits per heavy atom. The first-order chi connectivity index (χ1) is 8.17. The van der Waals surface area contributed by atoms with Crippen LogP contribution in [0.3, 0.4) is 0 Å². The monoisotopic (exact) mass is 238 g/mol. The first-order valence-electron chi connectivity index (χ1n) is 5.92. The summed E-state index contributed by atoms with van der Waals surface area (Å²) in [4.78, 5) is 11.9. The molecular formula is C11H18N4O2. The van der Waals surface area contributed by atoms with Gasteiger partial charge in [0.05, 0.1) is 24.0 Å². The number of hydrogen-bond donors (Lipinski definition) is 4. The van der Waals surface area contributed by atoms with Gasteiger partial charge in [0.25, 0.3) is 5.91 Å². The predicted molar refractivity (Wildman–Crippen MR) is 63.6 cm³/mol. The van der Waals surface area contributed by atoms with Crippen molar-refractivity contribution >= 4 is 11.6 Å². The fourth-order valence-corrected chi connectivity index (χ4v) is 1.75. The molecule has 0 saturated heterocycles. The van der Waals surface area contributed by atoms with Crippen LogP contribution in [-0.2, 0) is 0 Å². The Hall–Kier alpha value is -1.56. The van der Waals surface area contributed by atoms with E-state index in [1.165, 1.54) is 0 Å². The molecule has 0 aliphatic heterocycles. The van der Waals surface area contributed by atoms with Crippen molar-refractivity contribution in [3.63, 3.8) is 0 Å². The molecule has 94 valence electrons. The highest BCUT2D eigenvalue weighted by molar-refractivity contribution is 5.97. The quantitative estimate of drug-likeness (QED) is 0.595. The van der Waals surface area contributed by atoms with Gasteiger partial charge in [-0.05, 0) is 19.3 Å². The first kappa shape index (κ1) is 11.9. The number of carbonyl (C=O) groups excluding carboxylic acids is 1. The smallest absolute Gasteiger partial charge is 0.274 e. The third-order valence-electron chi connectivity index (χ3n) is 3.08. The lowest BCUT2D eigenvalue weighted by Crippen LogP contribution is -2.37. The number of amides is 1. The molecule has 6 heteroatoms. The molecule has 5 N–H and O–H groups in total. The number of carbonyl (C=O) groups is 1. The van der Waals surface area contributed by atoms with Crippen LogP contribution < -0.4 is 11.1 Å². The topological polar surface area (TPSA) is 104 Å². The number of aromatic nitrogens is 2. The number of aliphatic hydroxyl groups is 1. The molecule has 0 aromatic carbocycles. The molecule has 1 aromatic heterocycles. The third kappa shape index (κ3) is 2.41. The molecule has 1 aromatic rings. The van der Waals surface area contributed by atoms with Gasteiger partial charge in [0, 0.05) is 5.92 Å². The van der Waals surface area contributed by atoms with E-state index in [1.807, 2.05) is 6.92 Å². The summed E-state index contributed by atoms with van der Waals surface area (Å²) in [6.45, 7) is 1.81. The standard InChI is InChI=1S/C11H18N4O2/c1-2-7(5-16)13-11(17)10-8(12)9(14-15-10)6-3-4-6/h6-7,16H,2-5,12H2,1H3,(H,13,17)(H,14,15)/t7-/m1/s1. The van der Waals surface area contributed by atoms with E-state index in [2.05, 4.69) is 15.5 Å². The molecule has 17 heavy (non-hydrogen) atoms. The number of hydrogen-bond acceptors (Lipinski definition) is 4. The summed E-state index contributed by atoms with van der Waals surface area (Å²) >= 11 is 0. The van der Waals surface area contributed by atoms with Crippen LogP contribution in [0.4, 0.5) is 5.69 Å². The molecule has 1 saturated carbocycles. The maximum Gasteiger partial charge on any atom is 0.274 e. The van der Waals surface area contributed by atoms with Crippen LogP contribution in [0.25, 0.3) is 0 Å². The molecule has 1 amide bonds. The van der Waals surface area contributed by atoms with Crippen LogP contribution in [0.1, 0.15) is 48.3 Å². The van der Waals surface area contributed by atoms with Gasteiger partial charge >= 0.3 is 0 Å². The van der Waals surface area contributed by atoms with Gasteiger partial charge < -0.3 is 16.2 Å². The third-order valence-corrected chi connectivity index (χ3v) is 3.08. The molecule has 0 spiro atoms. The number of aromatic amines is 1. The van der Waals surface area contributed by atoms with Gasteiger partial charge in [-0.1, -0.05) is 6.92 Å². The number of rotatable bonds is 5. The van der Waals surface area contributed by atoms with Crippen LogP contribution in [-0.4, -0.2) is 33.9 Å². The van der Waals surface area contributed by atoms with Gasteiger partial charge in [-0.25, -0.2) is 0 Å². The van der Waals surface area contributed by atoms with E-state index < -0.39 is 0 Å². The van der Waals surface area contributed by atoms with Crippen molar-refractivity contribution in [2.75, 3.05) is 12.3 Å². The van der Waals surface area contributed by atoms with E-state index in [1.54, 1.807) is 0 Å². The molecule has 2 rings (SSSR count). The largest absolute Gasteiger partial charge is 0.395 e. The summed E-state index contributed by atoms with van der Waals surface area (Å²) in [6, 6.07) is -0.247. The fraction of sp³-hybridized carbons (Fsp3) is 0.636. The molecule has 1 aliphatic rings. The van der Waals surface area contributed by atoms with Crippen LogP contribution in [0.5, 0.6) is 0 Å². The maximum absolute atomic E-state index is 11.9. The van der Waals surface area contributed by atoms with Crippen molar-refractivity contribution in [1.29, 1.82) is 0 Å². The van der Waals surface area contributed by atoms with Gasteiger partial charge in [0.2, 0.25) is 0 Å². The highest BCUT2D eigenvalue weighted by Gasteiger charge is 2.30. The number of nitrogens with one attached hydrogen (secondary N) is 2. The Labute approximate surface area is 99.6 Å². The second kappa shape index (κ2) is 4.75. The summed E-state index contributed by atoms with van der Waals surface area (Å²) in [5, 5.41) is 18.5. The second-order valence-electron chi connectivity index (χ2n) is 4.44. The van der Waals surface area contributed by atoms with Gasteiger partial charge in [-0.15, -0.1) is 0 Å². The highest BCUT2D eigenvalue weighted by atomic mass is 16.3. The SMILES string of the molecule is CC[C@H](CO)NC(=O)c1n[nH]c(C2CC2)c1N. The Bertz CT molecular complexity index is 408. The van der Waals surface area contributed by atoms with Crippen molar-refractivity contribution in [1.82, 2.24) is 15.5 Å². The van der Waals surface area contributed by atoms with Crippen molar-refractivity contribution in [3.05, 3.63) is 11.4 Å². The fourth-order valence-electron chi connectivity index (χ4n) is 1.75. The van der Waals surface area contributed by atoms with E-state index in [0.29, 0.717) is 18.0 Å². The average Bonchev–Trinajstić information content (AvgIpc) is 3.09. The first-order valence-corrected chi connectivity index (χ1v) is 5.92. The summed E-state index contributed by atoms with van der Waals surface area (Å²) in [6.07, 6.45) is 2.87. The van der Waals surface area contributed by atoms with E-state index in [4.69, 9.17) is 10.8 Å².